The van der Waals surface area contributed by atoms with Gasteiger partial charge in [-0.05, 0) is 18.4 Å². The van der Waals surface area contributed by atoms with Gasteiger partial charge in [-0.3, -0.25) is 0 Å². The molecule has 0 aliphatic rings. The maximum atomic E-state index is 5.49. The number of hydrogen-bond donors (Lipinski definition) is 0. The van der Waals surface area contributed by atoms with Gasteiger partial charge in [-0.15, -0.1) is 0 Å². The minimum absolute atomic E-state index is 0.664. The first-order valence-electron chi connectivity index (χ1n) is 6.03. The van der Waals surface area contributed by atoms with Crippen LogP contribution < -0.4 is 0 Å². The summed E-state index contributed by atoms with van der Waals surface area (Å²) in [5, 5.41) is 2.38. The fourth-order valence-electron chi connectivity index (χ4n) is 1.82. The first kappa shape index (κ1) is 11.6. The van der Waals surface area contributed by atoms with Gasteiger partial charge in [0.1, 0.15) is 0 Å². The second kappa shape index (κ2) is 5.48. The molecule has 0 unspecified atom stereocenters. The van der Waals surface area contributed by atoms with Crippen molar-refractivity contribution in [2.75, 3.05) is 6.61 Å². The Morgan fingerprint density at radius 3 is 2.59 bits per heavy atom. The van der Waals surface area contributed by atoms with Gasteiger partial charge in [0.15, 0.2) is 5.90 Å². The highest BCUT2D eigenvalue weighted by atomic mass is 16.5. The van der Waals surface area contributed by atoms with E-state index in [9.17, 15) is 0 Å². The first-order chi connectivity index (χ1) is 8.35. The smallest absolute Gasteiger partial charge is 0.188 e. The highest BCUT2D eigenvalue weighted by molar-refractivity contribution is 5.95. The molecular formula is C15H17NO. The molecule has 0 N–H and O–H groups in total. The van der Waals surface area contributed by atoms with Crippen LogP contribution in [0.4, 0.5) is 5.69 Å². The highest BCUT2D eigenvalue weighted by Crippen LogP contribution is 2.25. The third-order valence-corrected chi connectivity index (χ3v) is 2.63. The predicted molar refractivity (Wildman–Crippen MR) is 73.0 cm³/mol. The first-order valence-corrected chi connectivity index (χ1v) is 6.03. The van der Waals surface area contributed by atoms with Gasteiger partial charge in [-0.2, -0.15) is 0 Å². The standard InChI is InChI=1S/C15H17NO/c1-3-15(17-4-2)16-14-11-7-9-12-8-5-6-10-13(12)14/h5-11H,3-4H2,1-2H3/b16-15-. The maximum absolute atomic E-state index is 5.49. The molecule has 88 valence electrons. The minimum Gasteiger partial charge on any atom is -0.481 e. The van der Waals surface area contributed by atoms with Gasteiger partial charge in [-0.25, -0.2) is 4.99 Å². The van der Waals surface area contributed by atoms with Crippen LogP contribution in [0.15, 0.2) is 47.5 Å². The summed E-state index contributed by atoms with van der Waals surface area (Å²) in [6.45, 7) is 4.70. The van der Waals surface area contributed by atoms with Crippen LogP contribution in [0.25, 0.3) is 10.8 Å². The minimum atomic E-state index is 0.664. The zero-order valence-electron chi connectivity index (χ0n) is 10.3. The zero-order valence-corrected chi connectivity index (χ0v) is 10.3. The zero-order chi connectivity index (χ0) is 12.1. The SMILES string of the molecule is CCO/C(CC)=N\c1cccc2ccccc12. The summed E-state index contributed by atoms with van der Waals surface area (Å²) in [6.07, 6.45) is 0.817. The van der Waals surface area contributed by atoms with Crippen molar-refractivity contribution < 1.29 is 4.74 Å². The second-order valence-electron chi connectivity index (χ2n) is 3.79. The van der Waals surface area contributed by atoms with Crippen molar-refractivity contribution in [2.24, 2.45) is 4.99 Å². The van der Waals surface area contributed by atoms with Crippen molar-refractivity contribution in [1.29, 1.82) is 0 Å². The summed E-state index contributed by atoms with van der Waals surface area (Å²) in [6, 6.07) is 14.4. The predicted octanol–water partition coefficient (Wildman–Crippen LogP) is 4.32. The molecule has 0 spiro atoms. The lowest BCUT2D eigenvalue weighted by Crippen LogP contribution is -2.01. The van der Waals surface area contributed by atoms with E-state index in [1.54, 1.807) is 0 Å². The Balaban J connectivity index is 2.48. The number of rotatable bonds is 3. The Morgan fingerprint density at radius 2 is 1.82 bits per heavy atom. The molecule has 2 nitrogen and oxygen atoms in total. The van der Waals surface area contributed by atoms with Gasteiger partial charge in [0, 0.05) is 11.8 Å². The molecule has 2 aromatic carbocycles. The number of nitrogens with zero attached hydrogens (tertiary/aromatic N) is 1. The molecule has 0 aromatic heterocycles. The molecule has 2 rings (SSSR count). The molecular weight excluding hydrogens is 210 g/mol. The van der Waals surface area contributed by atoms with Crippen LogP contribution >= 0.6 is 0 Å². The van der Waals surface area contributed by atoms with Crippen molar-refractivity contribution >= 4 is 22.4 Å². The second-order valence-corrected chi connectivity index (χ2v) is 3.79. The lowest BCUT2D eigenvalue weighted by molar-refractivity contribution is 0.319. The van der Waals surface area contributed by atoms with Crippen LogP contribution in [0.2, 0.25) is 0 Å². The largest absolute Gasteiger partial charge is 0.481 e. The Morgan fingerprint density at radius 1 is 1.06 bits per heavy atom. The fourth-order valence-corrected chi connectivity index (χ4v) is 1.82. The van der Waals surface area contributed by atoms with Gasteiger partial charge in [0.2, 0.25) is 0 Å². The van der Waals surface area contributed by atoms with Gasteiger partial charge < -0.3 is 4.74 Å². The summed E-state index contributed by atoms with van der Waals surface area (Å²) < 4.78 is 5.49. The van der Waals surface area contributed by atoms with E-state index < -0.39 is 0 Å². The van der Waals surface area contributed by atoms with E-state index in [1.807, 2.05) is 31.2 Å². The Hall–Kier alpha value is -1.83. The molecule has 0 amide bonds. The van der Waals surface area contributed by atoms with E-state index in [-0.39, 0.29) is 0 Å². The molecule has 0 heterocycles. The molecule has 17 heavy (non-hydrogen) atoms. The molecule has 2 heteroatoms. The van der Waals surface area contributed by atoms with E-state index in [0.717, 1.165) is 18.0 Å². The fraction of sp³-hybridized carbons (Fsp3) is 0.267. The number of benzene rings is 2. The molecule has 0 aliphatic carbocycles. The van der Waals surface area contributed by atoms with Gasteiger partial charge in [0.25, 0.3) is 0 Å². The summed E-state index contributed by atoms with van der Waals surface area (Å²) in [7, 11) is 0. The van der Waals surface area contributed by atoms with Crippen molar-refractivity contribution in [1.82, 2.24) is 0 Å². The molecule has 0 bridgehead atoms. The molecule has 0 atom stereocenters. The van der Waals surface area contributed by atoms with Gasteiger partial charge in [-0.1, -0.05) is 43.3 Å². The molecule has 2 aromatic rings. The van der Waals surface area contributed by atoms with E-state index in [0.29, 0.717) is 6.61 Å². The highest BCUT2D eigenvalue weighted by Gasteiger charge is 2.01. The Labute approximate surface area is 102 Å². The number of hydrogen-bond acceptors (Lipinski definition) is 2. The lowest BCUT2D eigenvalue weighted by Gasteiger charge is -2.06. The van der Waals surface area contributed by atoms with Crippen molar-refractivity contribution in [3.8, 4) is 0 Å². The number of aliphatic imine (C=N–C) groups is 1. The van der Waals surface area contributed by atoms with Crippen molar-refractivity contribution in [2.45, 2.75) is 20.3 Å². The van der Waals surface area contributed by atoms with Crippen molar-refractivity contribution in [3.05, 3.63) is 42.5 Å². The average molecular weight is 227 g/mol. The topological polar surface area (TPSA) is 21.6 Å². The summed E-state index contributed by atoms with van der Waals surface area (Å²) in [5.74, 6) is 0.795. The van der Waals surface area contributed by atoms with Crippen molar-refractivity contribution in [3.63, 3.8) is 0 Å². The Bertz CT molecular complexity index is 526. The van der Waals surface area contributed by atoms with Gasteiger partial charge in [0.05, 0.1) is 12.3 Å². The third kappa shape index (κ3) is 2.64. The Kier molecular flexibility index (Phi) is 3.76. The van der Waals surface area contributed by atoms with E-state index in [1.165, 1.54) is 10.8 Å². The lowest BCUT2D eigenvalue weighted by atomic mass is 10.1. The van der Waals surface area contributed by atoms with Crippen LogP contribution in [0.1, 0.15) is 20.3 Å². The monoisotopic (exact) mass is 227 g/mol. The molecule has 0 saturated carbocycles. The van der Waals surface area contributed by atoms with E-state index in [2.05, 4.69) is 30.1 Å². The average Bonchev–Trinajstić information content (AvgIpc) is 2.38. The summed E-state index contributed by atoms with van der Waals surface area (Å²) in [5.41, 5.74) is 0.980. The van der Waals surface area contributed by atoms with E-state index >= 15 is 0 Å². The third-order valence-electron chi connectivity index (χ3n) is 2.63. The van der Waals surface area contributed by atoms with Gasteiger partial charge >= 0.3 is 0 Å². The maximum Gasteiger partial charge on any atom is 0.188 e. The molecule has 0 saturated heterocycles. The van der Waals surface area contributed by atoms with Crippen LogP contribution in [0.5, 0.6) is 0 Å². The number of ether oxygens (including phenoxy) is 1. The molecule has 0 radical (unpaired) electrons. The summed E-state index contributed by atoms with van der Waals surface area (Å²) >= 11 is 0. The van der Waals surface area contributed by atoms with E-state index in [4.69, 9.17) is 4.74 Å². The molecule has 0 aliphatic heterocycles. The molecule has 0 fully saturated rings. The van der Waals surface area contributed by atoms with Crippen LogP contribution in [-0.2, 0) is 4.74 Å². The van der Waals surface area contributed by atoms with Crippen LogP contribution in [0, 0.1) is 0 Å². The summed E-state index contributed by atoms with van der Waals surface area (Å²) in [4.78, 5) is 4.59. The van der Waals surface area contributed by atoms with Crippen LogP contribution in [0.3, 0.4) is 0 Å². The van der Waals surface area contributed by atoms with Crippen LogP contribution in [-0.4, -0.2) is 12.5 Å². The quantitative estimate of drug-likeness (QED) is 0.565. The number of fused-ring (bicyclic) bond motifs is 1. The normalized spacial score (nSPS) is 11.8.